The fourth-order valence-electron chi connectivity index (χ4n) is 3.57. The van der Waals surface area contributed by atoms with Crippen LogP contribution in [0.1, 0.15) is 32.8 Å². The number of likely N-dealkylation sites (N-methyl/N-ethyl adjacent to an activating group) is 1. The highest BCUT2D eigenvalue weighted by Gasteiger charge is 2.31. The van der Waals surface area contributed by atoms with Crippen molar-refractivity contribution in [3.05, 3.63) is 51.0 Å². The van der Waals surface area contributed by atoms with E-state index < -0.39 is 0 Å². The fraction of sp³-hybridized carbons (Fsp3) is 0.500. The van der Waals surface area contributed by atoms with E-state index >= 15 is 0 Å². The normalized spacial score (nSPS) is 17.8. The van der Waals surface area contributed by atoms with Gasteiger partial charge in [0.15, 0.2) is 0 Å². The van der Waals surface area contributed by atoms with Crippen LogP contribution in [0.15, 0.2) is 40.5 Å². The second-order valence-corrected chi connectivity index (χ2v) is 10.4. The van der Waals surface area contributed by atoms with Crippen LogP contribution in [0.3, 0.4) is 0 Å². The summed E-state index contributed by atoms with van der Waals surface area (Å²) in [6, 6.07) is 5.01. The maximum Gasteiger partial charge on any atom is 0.324 e. The first-order valence-electron chi connectivity index (χ1n) is 11.0. The number of thioether (sulfide) groups is 1. The number of anilines is 1. The molecule has 8 heteroatoms. The third kappa shape index (κ3) is 5.69. The number of piperazine rings is 1. The van der Waals surface area contributed by atoms with Crippen molar-refractivity contribution in [2.75, 3.05) is 44.3 Å². The number of carbonyl (C=O) groups is 2. The van der Waals surface area contributed by atoms with Gasteiger partial charge in [0.25, 0.3) is 5.91 Å². The Labute approximate surface area is 200 Å². The Bertz CT molecular complexity index is 949. The summed E-state index contributed by atoms with van der Waals surface area (Å²) in [5, 5.41) is 6.98. The first-order valence-corrected chi connectivity index (χ1v) is 12.4. The molecule has 3 rings (SSSR count). The van der Waals surface area contributed by atoms with Crippen molar-refractivity contribution < 1.29 is 9.59 Å². The molecule has 1 fully saturated rings. The second-order valence-electron chi connectivity index (χ2n) is 9.03. The Morgan fingerprint density at radius 3 is 2.50 bits per heavy atom. The molecule has 32 heavy (non-hydrogen) atoms. The van der Waals surface area contributed by atoms with E-state index in [-0.39, 0.29) is 17.4 Å². The molecule has 0 saturated carbocycles. The molecular formula is C24H33ClN4O2S. The van der Waals surface area contributed by atoms with Gasteiger partial charge in [-0.2, -0.15) is 0 Å². The van der Waals surface area contributed by atoms with Crippen LogP contribution in [-0.4, -0.2) is 60.7 Å². The van der Waals surface area contributed by atoms with Crippen molar-refractivity contribution in [1.29, 1.82) is 0 Å². The number of nitrogens with zero attached hydrogens (tertiary/aromatic N) is 2. The van der Waals surface area contributed by atoms with Crippen LogP contribution in [0.4, 0.5) is 10.5 Å². The van der Waals surface area contributed by atoms with Crippen molar-refractivity contribution in [3.63, 3.8) is 0 Å². The number of nitrogens with one attached hydrogen (secondary N) is 2. The minimum Gasteiger partial charge on any atom is -0.336 e. The molecule has 0 spiro atoms. The zero-order valence-electron chi connectivity index (χ0n) is 19.5. The molecule has 1 aromatic rings. The van der Waals surface area contributed by atoms with Crippen LogP contribution in [-0.2, 0) is 4.79 Å². The Hall–Kier alpha value is -1.96. The van der Waals surface area contributed by atoms with Crippen molar-refractivity contribution in [2.45, 2.75) is 34.1 Å². The Kier molecular flexibility index (Phi) is 7.96. The SMILES string of the molecule is CCC(C)(C)C1=CC(C(=O)N2CCN(C)CC2)=C(NC(=O)Nc2cccc(Cl)c2C)SC1. The van der Waals surface area contributed by atoms with Gasteiger partial charge in [0, 0.05) is 42.6 Å². The van der Waals surface area contributed by atoms with E-state index in [4.69, 9.17) is 11.6 Å². The van der Waals surface area contributed by atoms with Gasteiger partial charge in [-0.05, 0) is 49.6 Å². The molecule has 2 aliphatic rings. The number of rotatable bonds is 5. The quantitative estimate of drug-likeness (QED) is 0.636. The molecular weight excluding hydrogens is 444 g/mol. The molecule has 2 aliphatic heterocycles. The number of hydrogen-bond acceptors (Lipinski definition) is 4. The van der Waals surface area contributed by atoms with Crippen LogP contribution in [0.2, 0.25) is 5.02 Å². The molecule has 0 aliphatic carbocycles. The number of carbonyl (C=O) groups excluding carboxylic acids is 2. The van der Waals surface area contributed by atoms with Gasteiger partial charge in [-0.25, -0.2) is 4.79 Å². The van der Waals surface area contributed by atoms with E-state index in [0.717, 1.165) is 30.8 Å². The summed E-state index contributed by atoms with van der Waals surface area (Å²) in [6.07, 6.45) is 2.98. The molecule has 0 radical (unpaired) electrons. The van der Waals surface area contributed by atoms with Gasteiger partial charge in [-0.15, -0.1) is 11.8 Å². The number of hydrogen-bond donors (Lipinski definition) is 2. The highest BCUT2D eigenvalue weighted by atomic mass is 35.5. The van der Waals surface area contributed by atoms with Crippen LogP contribution >= 0.6 is 23.4 Å². The largest absolute Gasteiger partial charge is 0.336 e. The summed E-state index contributed by atoms with van der Waals surface area (Å²) in [4.78, 5) is 30.4. The molecule has 0 atom stereocenters. The van der Waals surface area contributed by atoms with E-state index in [0.29, 0.717) is 34.4 Å². The molecule has 174 valence electrons. The average molecular weight is 477 g/mol. The first-order chi connectivity index (χ1) is 15.1. The highest BCUT2D eigenvalue weighted by Crippen LogP contribution is 2.39. The Morgan fingerprint density at radius 1 is 1.16 bits per heavy atom. The standard InChI is InChI=1S/C24H33ClN4O2S/c1-6-24(3,4)17-14-18(22(30)29-12-10-28(5)11-13-29)21(32-15-17)27-23(31)26-20-9-7-8-19(25)16(20)2/h7-9,14H,6,10-13,15H2,1-5H3,(H2,26,27,31). The summed E-state index contributed by atoms with van der Waals surface area (Å²) in [5.74, 6) is 0.718. The van der Waals surface area contributed by atoms with E-state index in [1.807, 2.05) is 17.9 Å². The molecule has 6 nitrogen and oxygen atoms in total. The maximum absolute atomic E-state index is 13.5. The topological polar surface area (TPSA) is 64.7 Å². The first kappa shape index (κ1) is 24.7. The minimum atomic E-state index is -0.381. The zero-order chi connectivity index (χ0) is 23.5. The third-order valence-electron chi connectivity index (χ3n) is 6.45. The smallest absolute Gasteiger partial charge is 0.324 e. The lowest BCUT2D eigenvalue weighted by atomic mass is 9.81. The molecule has 0 aromatic heterocycles. The summed E-state index contributed by atoms with van der Waals surface area (Å²) in [7, 11) is 2.06. The molecule has 2 heterocycles. The van der Waals surface area contributed by atoms with E-state index in [1.165, 1.54) is 17.3 Å². The summed E-state index contributed by atoms with van der Waals surface area (Å²) in [5.41, 5.74) is 3.23. The summed E-state index contributed by atoms with van der Waals surface area (Å²) in [6.45, 7) is 11.5. The van der Waals surface area contributed by atoms with Gasteiger partial charge in [-0.3, -0.25) is 4.79 Å². The van der Waals surface area contributed by atoms with Gasteiger partial charge >= 0.3 is 6.03 Å². The minimum absolute atomic E-state index is 0.00760. The molecule has 2 N–H and O–H groups in total. The number of benzene rings is 1. The van der Waals surface area contributed by atoms with Gasteiger partial charge in [0.05, 0.1) is 10.6 Å². The lowest BCUT2D eigenvalue weighted by molar-refractivity contribution is -0.128. The second kappa shape index (κ2) is 10.3. The number of amides is 3. The highest BCUT2D eigenvalue weighted by molar-refractivity contribution is 8.03. The molecule has 1 saturated heterocycles. The molecule has 0 unspecified atom stereocenters. The molecule has 0 bridgehead atoms. The van der Waals surface area contributed by atoms with Crippen molar-refractivity contribution >= 4 is 41.0 Å². The molecule has 3 amide bonds. The lowest BCUT2D eigenvalue weighted by Gasteiger charge is -2.35. The predicted octanol–water partition coefficient (Wildman–Crippen LogP) is 4.86. The zero-order valence-corrected chi connectivity index (χ0v) is 21.1. The Balaban J connectivity index is 1.87. The predicted molar refractivity (Wildman–Crippen MR) is 134 cm³/mol. The van der Waals surface area contributed by atoms with Crippen LogP contribution in [0.5, 0.6) is 0 Å². The van der Waals surface area contributed by atoms with Crippen molar-refractivity contribution in [3.8, 4) is 0 Å². The van der Waals surface area contributed by atoms with Crippen LogP contribution in [0.25, 0.3) is 0 Å². The summed E-state index contributed by atoms with van der Waals surface area (Å²) >= 11 is 7.69. The van der Waals surface area contributed by atoms with Crippen LogP contribution in [0, 0.1) is 12.3 Å². The van der Waals surface area contributed by atoms with Gasteiger partial charge in [-0.1, -0.05) is 44.0 Å². The van der Waals surface area contributed by atoms with Crippen molar-refractivity contribution in [1.82, 2.24) is 15.1 Å². The monoisotopic (exact) mass is 476 g/mol. The van der Waals surface area contributed by atoms with Crippen molar-refractivity contribution in [2.24, 2.45) is 5.41 Å². The lowest BCUT2D eigenvalue weighted by Crippen LogP contribution is -2.48. The van der Waals surface area contributed by atoms with Gasteiger partial charge in [0.2, 0.25) is 0 Å². The van der Waals surface area contributed by atoms with E-state index in [2.05, 4.69) is 43.4 Å². The van der Waals surface area contributed by atoms with Gasteiger partial charge < -0.3 is 20.4 Å². The average Bonchev–Trinajstić information content (AvgIpc) is 2.77. The number of halogens is 1. The van der Waals surface area contributed by atoms with E-state index in [1.54, 1.807) is 18.2 Å². The molecule has 1 aromatic carbocycles. The van der Waals surface area contributed by atoms with E-state index in [9.17, 15) is 9.59 Å². The maximum atomic E-state index is 13.5. The third-order valence-corrected chi connectivity index (χ3v) is 7.93. The Morgan fingerprint density at radius 2 is 1.84 bits per heavy atom. The van der Waals surface area contributed by atoms with Gasteiger partial charge in [0.1, 0.15) is 0 Å². The van der Waals surface area contributed by atoms with Crippen LogP contribution < -0.4 is 10.6 Å². The number of urea groups is 1. The fourth-order valence-corrected chi connectivity index (χ4v) is 4.98. The summed E-state index contributed by atoms with van der Waals surface area (Å²) < 4.78 is 0.